The van der Waals surface area contributed by atoms with Gasteiger partial charge in [0.25, 0.3) is 0 Å². The minimum absolute atomic E-state index is 0.0555. The Hall–Kier alpha value is -1.85. The molecule has 0 bridgehead atoms. The van der Waals surface area contributed by atoms with E-state index in [0.29, 0.717) is 5.57 Å². The molecule has 6 nitrogen and oxygen atoms in total. The van der Waals surface area contributed by atoms with Gasteiger partial charge in [-0.1, -0.05) is 6.08 Å². The van der Waals surface area contributed by atoms with E-state index < -0.39 is 29.3 Å². The van der Waals surface area contributed by atoms with Gasteiger partial charge in [0.2, 0.25) is 0 Å². The van der Waals surface area contributed by atoms with Crippen LogP contribution in [-0.2, 0) is 19.1 Å². The summed E-state index contributed by atoms with van der Waals surface area (Å²) in [5.74, 6) is -0.768. The minimum Gasteiger partial charge on any atom is -0.458 e. The maximum Gasteiger partial charge on any atom is 0.408 e. The number of carbonyl (C=O) groups excluding carboxylic acids is 3. The minimum atomic E-state index is -0.987. The molecule has 0 aromatic heterocycles. The van der Waals surface area contributed by atoms with Gasteiger partial charge in [0.05, 0.1) is 0 Å². The van der Waals surface area contributed by atoms with Crippen LogP contribution in [0.4, 0.5) is 4.79 Å². The van der Waals surface area contributed by atoms with Crippen molar-refractivity contribution in [3.05, 3.63) is 11.6 Å². The van der Waals surface area contributed by atoms with Crippen LogP contribution in [0, 0.1) is 0 Å². The number of hydrogen-bond donors (Lipinski definition) is 1. The molecule has 0 radical (unpaired) electrons. The number of ether oxygens (including phenoxy) is 2. The maximum atomic E-state index is 12.3. The number of carbonyl (C=O) groups is 3. The molecular formula is C17H29NO5. The Bertz CT molecular complexity index is 480. The van der Waals surface area contributed by atoms with E-state index in [-0.39, 0.29) is 12.2 Å². The zero-order valence-corrected chi connectivity index (χ0v) is 15.4. The Morgan fingerprint density at radius 1 is 1.00 bits per heavy atom. The van der Waals surface area contributed by atoms with Crippen molar-refractivity contribution < 1.29 is 23.9 Å². The molecule has 0 fully saturated rings. The first kappa shape index (κ1) is 21.1. The van der Waals surface area contributed by atoms with Crippen LogP contribution in [0.15, 0.2) is 11.6 Å². The van der Waals surface area contributed by atoms with Crippen molar-refractivity contribution in [2.45, 2.75) is 79.1 Å². The highest BCUT2D eigenvalue weighted by molar-refractivity contribution is 5.94. The van der Waals surface area contributed by atoms with E-state index in [1.807, 2.05) is 0 Å². The summed E-state index contributed by atoms with van der Waals surface area (Å²) in [5.41, 5.74) is -0.944. The normalized spacial score (nSPS) is 14.0. The van der Waals surface area contributed by atoms with Gasteiger partial charge in [0.15, 0.2) is 5.78 Å². The van der Waals surface area contributed by atoms with E-state index in [1.54, 1.807) is 54.5 Å². The Balaban J connectivity index is 5.18. The van der Waals surface area contributed by atoms with Crippen molar-refractivity contribution in [1.82, 2.24) is 5.32 Å². The fourth-order valence-electron chi connectivity index (χ4n) is 1.70. The van der Waals surface area contributed by atoms with E-state index in [0.717, 1.165) is 0 Å². The second-order valence-electron chi connectivity index (χ2n) is 7.31. The zero-order chi connectivity index (χ0) is 18.4. The summed E-state index contributed by atoms with van der Waals surface area (Å²) in [6.07, 6.45) is 0.948. The Morgan fingerprint density at radius 3 is 1.83 bits per heavy atom. The molecule has 0 saturated carbocycles. The molecule has 0 saturated heterocycles. The first-order valence-electron chi connectivity index (χ1n) is 7.63. The van der Waals surface area contributed by atoms with Crippen LogP contribution in [-0.4, -0.2) is 35.1 Å². The molecule has 0 aliphatic heterocycles. The Kier molecular flexibility index (Phi) is 7.48. The van der Waals surface area contributed by atoms with Crippen LogP contribution in [0.2, 0.25) is 0 Å². The lowest BCUT2D eigenvalue weighted by atomic mass is 10.0. The largest absolute Gasteiger partial charge is 0.458 e. The summed E-state index contributed by atoms with van der Waals surface area (Å²) in [6, 6.07) is -0.987. The highest BCUT2D eigenvalue weighted by atomic mass is 16.6. The van der Waals surface area contributed by atoms with Crippen LogP contribution in [0.5, 0.6) is 0 Å². The van der Waals surface area contributed by atoms with Gasteiger partial charge < -0.3 is 14.8 Å². The number of alkyl carbamates (subject to hydrolysis) is 1. The topological polar surface area (TPSA) is 81.7 Å². The van der Waals surface area contributed by atoms with Crippen LogP contribution < -0.4 is 5.32 Å². The number of amides is 1. The lowest BCUT2D eigenvalue weighted by Gasteiger charge is -2.26. The molecule has 0 aliphatic carbocycles. The number of Topliss-reactive ketones (excluding diaryl/α,β-unsaturated/α-hetero) is 1. The molecule has 1 N–H and O–H groups in total. The quantitative estimate of drug-likeness (QED) is 0.619. The second kappa shape index (κ2) is 8.13. The molecule has 0 heterocycles. The van der Waals surface area contributed by atoms with E-state index in [4.69, 9.17) is 9.47 Å². The van der Waals surface area contributed by atoms with Gasteiger partial charge in [-0.25, -0.2) is 9.59 Å². The van der Waals surface area contributed by atoms with Crippen molar-refractivity contribution in [1.29, 1.82) is 0 Å². The molecule has 0 aliphatic rings. The number of nitrogens with one attached hydrogen (secondary N) is 1. The van der Waals surface area contributed by atoms with E-state index >= 15 is 0 Å². The average molecular weight is 327 g/mol. The SMILES string of the molecule is C/C=C(\CC(NC(=O)OC(C)(C)C)C(=O)OC(C)(C)C)C(C)=O. The summed E-state index contributed by atoms with van der Waals surface area (Å²) in [5, 5.41) is 2.49. The molecule has 1 atom stereocenters. The standard InChI is InChI=1S/C17H29NO5/c1-9-12(11(2)19)10-13(14(20)22-16(3,4)5)18-15(21)23-17(6,7)8/h9,13H,10H2,1-8H3,(H,18,21)/b12-9+. The van der Waals surface area contributed by atoms with Crippen molar-refractivity contribution in [3.63, 3.8) is 0 Å². The fraction of sp³-hybridized carbons (Fsp3) is 0.706. The highest BCUT2D eigenvalue weighted by Gasteiger charge is 2.29. The summed E-state index contributed by atoms with van der Waals surface area (Å²) in [7, 11) is 0. The third-order valence-corrected chi connectivity index (χ3v) is 2.61. The van der Waals surface area contributed by atoms with E-state index in [9.17, 15) is 14.4 Å². The molecule has 0 rings (SSSR count). The number of ketones is 1. The summed E-state index contributed by atoms with van der Waals surface area (Å²) >= 11 is 0. The van der Waals surface area contributed by atoms with Gasteiger partial charge >= 0.3 is 12.1 Å². The third-order valence-electron chi connectivity index (χ3n) is 2.61. The van der Waals surface area contributed by atoms with Gasteiger partial charge in [-0.05, 0) is 61.0 Å². The van der Waals surface area contributed by atoms with Crippen molar-refractivity contribution in [3.8, 4) is 0 Å². The van der Waals surface area contributed by atoms with Crippen molar-refractivity contribution >= 4 is 17.8 Å². The Labute approximate surface area is 138 Å². The second-order valence-corrected chi connectivity index (χ2v) is 7.31. The summed E-state index contributed by atoms with van der Waals surface area (Å²) < 4.78 is 10.5. The van der Waals surface area contributed by atoms with Crippen LogP contribution in [0.3, 0.4) is 0 Å². The van der Waals surface area contributed by atoms with E-state index in [2.05, 4.69) is 5.32 Å². The molecule has 0 aromatic rings. The highest BCUT2D eigenvalue weighted by Crippen LogP contribution is 2.15. The van der Waals surface area contributed by atoms with Gasteiger partial charge in [0.1, 0.15) is 17.2 Å². The summed E-state index contributed by atoms with van der Waals surface area (Å²) in [4.78, 5) is 35.8. The molecule has 6 heteroatoms. The first-order valence-corrected chi connectivity index (χ1v) is 7.63. The average Bonchev–Trinajstić information content (AvgIpc) is 2.29. The number of hydrogen-bond acceptors (Lipinski definition) is 5. The first-order chi connectivity index (χ1) is 10.2. The van der Waals surface area contributed by atoms with Crippen molar-refractivity contribution in [2.75, 3.05) is 0 Å². The Morgan fingerprint density at radius 2 is 1.48 bits per heavy atom. The lowest BCUT2D eigenvalue weighted by molar-refractivity contribution is -0.157. The van der Waals surface area contributed by atoms with Crippen LogP contribution in [0.1, 0.15) is 61.8 Å². The monoisotopic (exact) mass is 327 g/mol. The van der Waals surface area contributed by atoms with Gasteiger partial charge in [-0.15, -0.1) is 0 Å². The van der Waals surface area contributed by atoms with Gasteiger partial charge in [0, 0.05) is 6.42 Å². The number of rotatable bonds is 5. The molecular weight excluding hydrogens is 298 g/mol. The molecule has 0 spiro atoms. The predicted octanol–water partition coefficient (Wildman–Crippen LogP) is 3.15. The molecule has 1 unspecified atom stereocenters. The molecule has 1 amide bonds. The van der Waals surface area contributed by atoms with Crippen LogP contribution in [0.25, 0.3) is 0 Å². The predicted molar refractivity (Wildman–Crippen MR) is 88.1 cm³/mol. The number of allylic oxidation sites excluding steroid dienone is 1. The lowest BCUT2D eigenvalue weighted by Crippen LogP contribution is -2.46. The summed E-state index contributed by atoms with van der Waals surface area (Å²) in [6.45, 7) is 13.5. The molecule has 0 aromatic carbocycles. The maximum absolute atomic E-state index is 12.3. The van der Waals surface area contributed by atoms with E-state index in [1.165, 1.54) is 6.92 Å². The third kappa shape index (κ3) is 9.71. The fourth-order valence-corrected chi connectivity index (χ4v) is 1.70. The molecule has 132 valence electrons. The zero-order valence-electron chi connectivity index (χ0n) is 15.4. The van der Waals surface area contributed by atoms with Gasteiger partial charge in [-0.3, -0.25) is 4.79 Å². The smallest absolute Gasteiger partial charge is 0.408 e. The number of esters is 1. The van der Waals surface area contributed by atoms with Crippen molar-refractivity contribution in [2.24, 2.45) is 0 Å². The van der Waals surface area contributed by atoms with Gasteiger partial charge in [-0.2, -0.15) is 0 Å². The van der Waals surface area contributed by atoms with Crippen LogP contribution >= 0.6 is 0 Å². The molecule has 23 heavy (non-hydrogen) atoms.